The third kappa shape index (κ3) is 9.15. The lowest BCUT2D eigenvalue weighted by Crippen LogP contribution is -2.59. The summed E-state index contributed by atoms with van der Waals surface area (Å²) in [5.74, 6) is 0.729. The van der Waals surface area contributed by atoms with Crippen molar-refractivity contribution in [2.45, 2.75) is 127 Å². The van der Waals surface area contributed by atoms with Crippen molar-refractivity contribution in [3.05, 3.63) is 65.0 Å². The summed E-state index contributed by atoms with van der Waals surface area (Å²) in [7, 11) is 0. The average molecular weight is 772 g/mol. The highest BCUT2D eigenvalue weighted by Gasteiger charge is 2.67. The first-order chi connectivity index (χ1) is 26.7. The molecule has 2 aromatic carbocycles. The van der Waals surface area contributed by atoms with Crippen molar-refractivity contribution in [1.82, 2.24) is 4.98 Å². The van der Waals surface area contributed by atoms with Gasteiger partial charge in [0.2, 0.25) is 17.5 Å². The van der Waals surface area contributed by atoms with E-state index in [1.165, 1.54) is 43.4 Å². The van der Waals surface area contributed by atoms with Crippen LogP contribution in [0.15, 0.2) is 53.9 Å². The van der Waals surface area contributed by atoms with Crippen LogP contribution < -0.4 is 11.1 Å². The largest absolute Gasteiger partial charge is 0.462 e. The average Bonchev–Trinajstić information content (AvgIpc) is 3.78. The first-order valence-electron chi connectivity index (χ1n) is 20.3. The number of carbonyl (C=O) groups is 3. The van der Waals surface area contributed by atoms with Gasteiger partial charge in [0.05, 0.1) is 18.7 Å². The van der Waals surface area contributed by atoms with Gasteiger partial charge in [-0.25, -0.2) is 4.98 Å². The Morgan fingerprint density at radius 3 is 2.42 bits per heavy atom. The molecule has 6 fully saturated rings. The number of rotatable bonds is 16. The van der Waals surface area contributed by atoms with Gasteiger partial charge in [0.1, 0.15) is 12.7 Å². The molecule has 294 valence electrons. The van der Waals surface area contributed by atoms with Crippen LogP contribution in [0.4, 0.5) is 10.8 Å². The molecule has 4 bridgehead atoms. The fraction of sp³-hybridized carbons (Fsp3) is 0.581. The molecule has 1 aromatic heterocycles. The summed E-state index contributed by atoms with van der Waals surface area (Å²) in [5.41, 5.74) is 10.0. The molecule has 55 heavy (non-hydrogen) atoms. The smallest absolute Gasteiger partial charge is 0.310 e. The van der Waals surface area contributed by atoms with Gasteiger partial charge in [0, 0.05) is 54.1 Å². The van der Waals surface area contributed by atoms with Crippen LogP contribution in [0.1, 0.15) is 107 Å². The Balaban J connectivity index is 0.676. The number of carbonyl (C=O) groups excluding carboxylic acids is 3. The van der Waals surface area contributed by atoms with E-state index >= 15 is 0 Å². The van der Waals surface area contributed by atoms with Gasteiger partial charge in [-0.1, -0.05) is 49.2 Å². The van der Waals surface area contributed by atoms with Gasteiger partial charge in [0.15, 0.2) is 10.9 Å². The minimum absolute atomic E-state index is 0.0615. The van der Waals surface area contributed by atoms with Crippen LogP contribution in [0.2, 0.25) is 0 Å². The van der Waals surface area contributed by atoms with E-state index in [4.69, 9.17) is 29.7 Å². The maximum Gasteiger partial charge on any atom is 0.310 e. The van der Waals surface area contributed by atoms with E-state index in [0.29, 0.717) is 48.5 Å². The zero-order chi connectivity index (χ0) is 37.8. The first kappa shape index (κ1) is 38.2. The molecule has 1 saturated heterocycles. The zero-order valence-electron chi connectivity index (χ0n) is 31.5. The Hall–Kier alpha value is -3.68. The highest BCUT2D eigenvalue weighted by atomic mass is 32.1. The maximum atomic E-state index is 13.0. The molecule has 1 amide bonds. The van der Waals surface area contributed by atoms with E-state index in [9.17, 15) is 14.4 Å². The number of thiazole rings is 1. The Morgan fingerprint density at radius 1 is 0.909 bits per heavy atom. The molecule has 3 aromatic rings. The number of esters is 1. The summed E-state index contributed by atoms with van der Waals surface area (Å²) in [5, 5.41) is 5.35. The van der Waals surface area contributed by atoms with Crippen molar-refractivity contribution < 1.29 is 38.4 Å². The number of Topliss-reactive ketones (excluding diaryl/α,β-unsaturated/α-hetero) is 1. The van der Waals surface area contributed by atoms with Gasteiger partial charge in [-0.3, -0.25) is 14.4 Å². The fourth-order valence-corrected chi connectivity index (χ4v) is 10.6. The second kappa shape index (κ2) is 16.8. The van der Waals surface area contributed by atoms with Crippen LogP contribution in [0.3, 0.4) is 0 Å². The number of benzene rings is 2. The summed E-state index contributed by atoms with van der Waals surface area (Å²) in [6.45, 7) is 0.384. The SMILES string of the molecule is Nc1cccc(-c2csc(NC(=O)CCCCCCC(=O)COCc3ccc(CC(=O)OC4CCC[C@]5(C4)OOC4(O5)C5CC6CC(C5)CC4C6)cc3)n2)c1. The number of ketones is 1. The molecule has 11 nitrogen and oxygen atoms in total. The van der Waals surface area contributed by atoms with E-state index in [2.05, 4.69) is 10.3 Å². The number of aromatic nitrogens is 1. The van der Waals surface area contributed by atoms with E-state index in [1.807, 2.05) is 53.9 Å². The van der Waals surface area contributed by atoms with Gasteiger partial charge in [-0.05, 0) is 92.9 Å². The van der Waals surface area contributed by atoms with E-state index in [0.717, 1.165) is 79.2 Å². The van der Waals surface area contributed by atoms with E-state index in [1.54, 1.807) is 0 Å². The number of nitrogens with zero attached hydrogens (tertiary/aromatic N) is 1. The van der Waals surface area contributed by atoms with Crippen molar-refractivity contribution in [3.8, 4) is 11.3 Å². The summed E-state index contributed by atoms with van der Waals surface area (Å²) < 4.78 is 18.5. The standard InChI is InChI=1S/C43H53N3O8S/c44-35-8-5-7-32(23-35)38-27-55-41(45-38)46-39(48)11-4-2-1-3-9-36(47)26-50-25-29-14-12-28(13-15-29)22-40(49)51-37-10-6-16-42(24-37)52-43(54-53-42)33-18-30-17-31(20-33)21-34(43)19-30/h5,7-8,12-15,23,27,30-31,33-34,37H,1-4,6,9-11,16-22,24-26,44H2,(H,45,46,48)/t30?,31?,33?,34?,37?,42-,43?/m1/s1. The Bertz CT molecular complexity index is 1800. The van der Waals surface area contributed by atoms with Crippen LogP contribution in [-0.2, 0) is 51.4 Å². The van der Waals surface area contributed by atoms with Crippen molar-refractivity contribution in [2.24, 2.45) is 23.7 Å². The molecule has 0 radical (unpaired) electrons. The van der Waals surface area contributed by atoms with Crippen LogP contribution in [0.5, 0.6) is 0 Å². The number of unbranched alkanes of at least 4 members (excludes halogenated alkanes) is 3. The van der Waals surface area contributed by atoms with Crippen molar-refractivity contribution >= 4 is 39.8 Å². The number of nitrogens with one attached hydrogen (secondary N) is 1. The number of nitrogen functional groups attached to an aromatic ring is 1. The number of hydrogen-bond acceptors (Lipinski definition) is 11. The third-order valence-electron chi connectivity index (χ3n) is 12.3. The Morgan fingerprint density at radius 2 is 1.65 bits per heavy atom. The van der Waals surface area contributed by atoms with Crippen molar-refractivity contribution in [1.29, 1.82) is 0 Å². The Kier molecular flexibility index (Phi) is 11.7. The van der Waals surface area contributed by atoms with Gasteiger partial charge >= 0.3 is 5.97 Å². The molecule has 5 saturated carbocycles. The van der Waals surface area contributed by atoms with Crippen LogP contribution in [0.25, 0.3) is 11.3 Å². The summed E-state index contributed by atoms with van der Waals surface area (Å²) in [6, 6.07) is 15.2. The molecule has 3 N–H and O–H groups in total. The molecular weight excluding hydrogens is 719 g/mol. The fourth-order valence-electron chi connectivity index (χ4n) is 9.84. The van der Waals surface area contributed by atoms with E-state index in [-0.39, 0.29) is 36.8 Å². The highest BCUT2D eigenvalue weighted by Crippen LogP contribution is 2.63. The molecule has 9 rings (SSSR count). The minimum Gasteiger partial charge on any atom is -0.462 e. The summed E-state index contributed by atoms with van der Waals surface area (Å²) >= 11 is 1.39. The highest BCUT2D eigenvalue weighted by molar-refractivity contribution is 7.14. The van der Waals surface area contributed by atoms with Gasteiger partial charge in [-0.15, -0.1) is 11.3 Å². The van der Waals surface area contributed by atoms with E-state index < -0.39 is 11.6 Å². The lowest BCUT2D eigenvalue weighted by atomic mass is 9.53. The van der Waals surface area contributed by atoms with Crippen LogP contribution in [-0.4, -0.2) is 46.9 Å². The quantitative estimate of drug-likeness (QED) is 0.0631. The molecule has 1 unspecified atom stereocenters. The van der Waals surface area contributed by atoms with Crippen molar-refractivity contribution in [3.63, 3.8) is 0 Å². The van der Waals surface area contributed by atoms with Crippen LogP contribution in [0, 0.1) is 23.7 Å². The van der Waals surface area contributed by atoms with Crippen molar-refractivity contribution in [2.75, 3.05) is 17.7 Å². The number of nitrogens with two attached hydrogens (primary N) is 1. The third-order valence-corrected chi connectivity index (χ3v) is 13.1. The minimum atomic E-state index is -0.824. The second-order valence-corrected chi connectivity index (χ2v) is 17.4. The molecule has 2 atom stereocenters. The molecule has 2 spiro atoms. The molecule has 6 aliphatic rings. The normalized spacial score (nSPS) is 29.2. The lowest BCUT2D eigenvalue weighted by molar-refractivity contribution is -0.390. The van der Waals surface area contributed by atoms with Gasteiger partial charge in [0.25, 0.3) is 0 Å². The molecule has 12 heteroatoms. The molecule has 1 aliphatic heterocycles. The number of hydrogen-bond donors (Lipinski definition) is 2. The van der Waals surface area contributed by atoms with Gasteiger partial charge in [-0.2, -0.15) is 9.78 Å². The predicted octanol–water partition coefficient (Wildman–Crippen LogP) is 8.31. The summed E-state index contributed by atoms with van der Waals surface area (Å²) in [4.78, 5) is 54.5. The monoisotopic (exact) mass is 771 g/mol. The molecule has 2 heterocycles. The second-order valence-electron chi connectivity index (χ2n) is 16.6. The molecule has 5 aliphatic carbocycles. The zero-order valence-corrected chi connectivity index (χ0v) is 32.3. The number of ether oxygens (including phenoxy) is 3. The number of anilines is 2. The predicted molar refractivity (Wildman–Crippen MR) is 207 cm³/mol. The van der Waals surface area contributed by atoms with Gasteiger partial charge < -0.3 is 25.3 Å². The maximum absolute atomic E-state index is 13.0. The summed E-state index contributed by atoms with van der Waals surface area (Å²) in [6.07, 6.45) is 13.0. The number of amides is 1. The lowest BCUT2D eigenvalue weighted by Gasteiger charge is -2.57. The first-order valence-corrected chi connectivity index (χ1v) is 21.2. The van der Waals surface area contributed by atoms with Crippen LogP contribution >= 0.6 is 11.3 Å². The Labute approximate surface area is 326 Å². The topological polar surface area (TPSA) is 148 Å². The molecular formula is C43H53N3O8S.